The molecule has 0 aliphatic rings. The fourth-order valence-electron chi connectivity index (χ4n) is 2.43. The monoisotopic (exact) mass is 280 g/mol. The van der Waals surface area contributed by atoms with Gasteiger partial charge in [-0.25, -0.2) is 0 Å². The minimum Gasteiger partial charge on any atom is -0.391 e. The molecule has 1 rings (SSSR count). The lowest BCUT2D eigenvalue weighted by molar-refractivity contribution is 0.0895. The Morgan fingerprint density at radius 3 is 2.35 bits per heavy atom. The van der Waals surface area contributed by atoms with Crippen molar-refractivity contribution in [3.63, 3.8) is 0 Å². The second-order valence-corrected chi connectivity index (χ2v) is 5.67. The van der Waals surface area contributed by atoms with E-state index in [1.54, 1.807) is 13.8 Å². The summed E-state index contributed by atoms with van der Waals surface area (Å²) in [5.41, 5.74) is 2.32. The highest BCUT2D eigenvalue weighted by molar-refractivity contribution is 6.02. The van der Waals surface area contributed by atoms with Crippen LogP contribution in [0.3, 0.4) is 0 Å². The first-order valence-corrected chi connectivity index (χ1v) is 6.90. The van der Waals surface area contributed by atoms with Crippen molar-refractivity contribution in [3.8, 4) is 0 Å². The standard InChI is InChI=1S/C15H24N2O3/c1-8(2)6-12(19)7-16-15(20)14-9(3)13(11(5)18)10(4)17-14/h8,12,17,19H,6-7H2,1-5H3,(H,16,20). The van der Waals surface area contributed by atoms with Crippen molar-refractivity contribution in [2.75, 3.05) is 6.54 Å². The second-order valence-electron chi connectivity index (χ2n) is 5.67. The maximum Gasteiger partial charge on any atom is 0.268 e. The van der Waals surface area contributed by atoms with Crippen LogP contribution in [0.4, 0.5) is 0 Å². The van der Waals surface area contributed by atoms with Crippen LogP contribution in [0.5, 0.6) is 0 Å². The molecule has 1 unspecified atom stereocenters. The van der Waals surface area contributed by atoms with Crippen LogP contribution in [0.15, 0.2) is 0 Å². The summed E-state index contributed by atoms with van der Waals surface area (Å²) < 4.78 is 0. The number of Topliss-reactive ketones (excluding diaryl/α,β-unsaturated/α-hetero) is 1. The summed E-state index contributed by atoms with van der Waals surface area (Å²) in [5.74, 6) is 0.0248. The van der Waals surface area contributed by atoms with E-state index in [4.69, 9.17) is 0 Å². The first-order valence-electron chi connectivity index (χ1n) is 6.90. The number of aromatic amines is 1. The van der Waals surface area contributed by atoms with Gasteiger partial charge in [-0.05, 0) is 38.7 Å². The summed E-state index contributed by atoms with van der Waals surface area (Å²) in [5, 5.41) is 12.4. The molecule has 1 atom stereocenters. The van der Waals surface area contributed by atoms with E-state index >= 15 is 0 Å². The molecule has 0 saturated carbocycles. The molecule has 20 heavy (non-hydrogen) atoms. The lowest BCUT2D eigenvalue weighted by Gasteiger charge is -2.13. The zero-order valence-electron chi connectivity index (χ0n) is 12.8. The number of H-pyrrole nitrogens is 1. The lowest BCUT2D eigenvalue weighted by Crippen LogP contribution is -2.33. The average molecular weight is 280 g/mol. The van der Waals surface area contributed by atoms with Gasteiger partial charge in [0.2, 0.25) is 0 Å². The van der Waals surface area contributed by atoms with Crippen molar-refractivity contribution in [1.82, 2.24) is 10.3 Å². The normalized spacial score (nSPS) is 12.6. The Balaban J connectivity index is 2.74. The van der Waals surface area contributed by atoms with Gasteiger partial charge < -0.3 is 15.4 Å². The molecule has 3 N–H and O–H groups in total. The Bertz CT molecular complexity index is 503. The number of aliphatic hydroxyl groups excluding tert-OH is 1. The molecule has 5 heteroatoms. The van der Waals surface area contributed by atoms with Crippen molar-refractivity contribution in [2.24, 2.45) is 5.92 Å². The fraction of sp³-hybridized carbons (Fsp3) is 0.600. The van der Waals surface area contributed by atoms with Gasteiger partial charge >= 0.3 is 0 Å². The topological polar surface area (TPSA) is 82.2 Å². The Kier molecular flexibility index (Phi) is 5.51. The number of hydrogen-bond acceptors (Lipinski definition) is 3. The summed E-state index contributed by atoms with van der Waals surface area (Å²) in [6.07, 6.45) is 0.0874. The Morgan fingerprint density at radius 2 is 1.90 bits per heavy atom. The minimum absolute atomic E-state index is 0.0601. The number of aliphatic hydroxyl groups is 1. The first-order chi connectivity index (χ1) is 9.23. The summed E-state index contributed by atoms with van der Waals surface area (Å²) in [4.78, 5) is 26.5. The molecule has 0 aliphatic heterocycles. The maximum atomic E-state index is 12.1. The summed E-state index contributed by atoms with van der Waals surface area (Å²) in [6, 6.07) is 0. The number of aryl methyl sites for hydroxylation is 1. The van der Waals surface area contributed by atoms with E-state index in [0.29, 0.717) is 34.9 Å². The molecule has 1 amide bonds. The van der Waals surface area contributed by atoms with E-state index < -0.39 is 6.10 Å². The SMILES string of the molecule is CC(=O)c1c(C)[nH]c(C(=O)NCC(O)CC(C)C)c1C. The van der Waals surface area contributed by atoms with Gasteiger partial charge in [-0.1, -0.05) is 13.8 Å². The van der Waals surface area contributed by atoms with Crippen LogP contribution >= 0.6 is 0 Å². The highest BCUT2D eigenvalue weighted by Crippen LogP contribution is 2.18. The lowest BCUT2D eigenvalue weighted by atomic mass is 10.1. The zero-order chi connectivity index (χ0) is 15.4. The Morgan fingerprint density at radius 1 is 1.30 bits per heavy atom. The molecule has 5 nitrogen and oxygen atoms in total. The average Bonchev–Trinajstić information content (AvgIpc) is 2.60. The molecule has 112 valence electrons. The van der Waals surface area contributed by atoms with Gasteiger partial charge in [-0.3, -0.25) is 9.59 Å². The van der Waals surface area contributed by atoms with Crippen molar-refractivity contribution in [2.45, 2.75) is 47.1 Å². The maximum absolute atomic E-state index is 12.1. The third-order valence-corrected chi connectivity index (χ3v) is 3.26. The predicted octanol–water partition coefficient (Wildman–Crippen LogP) is 1.97. The molecular weight excluding hydrogens is 256 g/mol. The van der Waals surface area contributed by atoms with E-state index in [1.165, 1.54) is 6.92 Å². The van der Waals surface area contributed by atoms with Crippen LogP contribution < -0.4 is 5.32 Å². The number of hydrogen-bond donors (Lipinski definition) is 3. The molecule has 0 spiro atoms. The van der Waals surface area contributed by atoms with E-state index in [2.05, 4.69) is 10.3 Å². The van der Waals surface area contributed by atoms with Gasteiger partial charge in [0.25, 0.3) is 5.91 Å². The van der Waals surface area contributed by atoms with Crippen LogP contribution in [-0.2, 0) is 0 Å². The molecule has 0 aliphatic carbocycles. The summed E-state index contributed by atoms with van der Waals surface area (Å²) in [6.45, 7) is 9.25. The number of ketones is 1. The molecule has 1 aromatic rings. The van der Waals surface area contributed by atoms with Gasteiger partial charge in [0.15, 0.2) is 5.78 Å². The van der Waals surface area contributed by atoms with E-state index in [0.717, 1.165) is 0 Å². The fourth-order valence-corrected chi connectivity index (χ4v) is 2.43. The van der Waals surface area contributed by atoms with Gasteiger partial charge in [-0.2, -0.15) is 0 Å². The Hall–Kier alpha value is -1.62. The molecule has 0 aromatic carbocycles. The number of amides is 1. The van der Waals surface area contributed by atoms with Crippen LogP contribution in [0.1, 0.15) is 59.3 Å². The Labute approximate surface area is 119 Å². The van der Waals surface area contributed by atoms with Gasteiger partial charge in [0, 0.05) is 17.8 Å². The number of carbonyl (C=O) groups excluding carboxylic acids is 2. The third-order valence-electron chi connectivity index (χ3n) is 3.26. The summed E-state index contributed by atoms with van der Waals surface area (Å²) in [7, 11) is 0. The van der Waals surface area contributed by atoms with Crippen molar-refractivity contribution in [1.29, 1.82) is 0 Å². The molecule has 0 bridgehead atoms. The van der Waals surface area contributed by atoms with E-state index in [-0.39, 0.29) is 18.2 Å². The van der Waals surface area contributed by atoms with Crippen LogP contribution in [0.25, 0.3) is 0 Å². The van der Waals surface area contributed by atoms with E-state index in [9.17, 15) is 14.7 Å². The third kappa shape index (κ3) is 3.93. The number of rotatable bonds is 6. The van der Waals surface area contributed by atoms with Gasteiger partial charge in [0.05, 0.1) is 6.10 Å². The molecule has 0 fully saturated rings. The highest BCUT2D eigenvalue weighted by Gasteiger charge is 2.20. The minimum atomic E-state index is -0.553. The largest absolute Gasteiger partial charge is 0.391 e. The quantitative estimate of drug-likeness (QED) is 0.697. The van der Waals surface area contributed by atoms with Crippen LogP contribution in [-0.4, -0.2) is 34.4 Å². The van der Waals surface area contributed by atoms with Gasteiger partial charge in [0.1, 0.15) is 5.69 Å². The molecule has 1 aromatic heterocycles. The van der Waals surface area contributed by atoms with Crippen molar-refractivity contribution < 1.29 is 14.7 Å². The van der Waals surface area contributed by atoms with Crippen LogP contribution in [0.2, 0.25) is 0 Å². The molecular formula is C15H24N2O3. The molecule has 0 radical (unpaired) electrons. The zero-order valence-corrected chi connectivity index (χ0v) is 12.8. The smallest absolute Gasteiger partial charge is 0.268 e. The summed E-state index contributed by atoms with van der Waals surface area (Å²) >= 11 is 0. The second kappa shape index (κ2) is 6.70. The van der Waals surface area contributed by atoms with Crippen LogP contribution in [0, 0.1) is 19.8 Å². The first kappa shape index (κ1) is 16.4. The number of nitrogens with one attached hydrogen (secondary N) is 2. The molecule has 1 heterocycles. The predicted molar refractivity (Wildman–Crippen MR) is 78.1 cm³/mol. The van der Waals surface area contributed by atoms with E-state index in [1.807, 2.05) is 13.8 Å². The van der Waals surface area contributed by atoms with Gasteiger partial charge in [-0.15, -0.1) is 0 Å². The van der Waals surface area contributed by atoms with Crippen molar-refractivity contribution >= 4 is 11.7 Å². The van der Waals surface area contributed by atoms with Crippen molar-refractivity contribution in [3.05, 3.63) is 22.5 Å². The number of aromatic nitrogens is 1. The number of carbonyl (C=O) groups is 2. The molecule has 0 saturated heterocycles. The highest BCUT2D eigenvalue weighted by atomic mass is 16.3.